The van der Waals surface area contributed by atoms with Crippen LogP contribution in [0.3, 0.4) is 0 Å². The topological polar surface area (TPSA) is 95.6 Å². The first-order valence-corrected chi connectivity index (χ1v) is 5.49. The second kappa shape index (κ2) is 5.26. The first-order valence-electron chi connectivity index (χ1n) is 5.49. The van der Waals surface area contributed by atoms with Crippen molar-refractivity contribution >= 4 is 11.6 Å². The molecule has 2 rings (SSSR count). The molecule has 1 aromatic heterocycles. The van der Waals surface area contributed by atoms with Gasteiger partial charge in [-0.1, -0.05) is 11.3 Å². The zero-order chi connectivity index (χ0) is 13.0. The van der Waals surface area contributed by atoms with Crippen molar-refractivity contribution in [3.05, 3.63) is 35.2 Å². The fourth-order valence-electron chi connectivity index (χ4n) is 1.57. The number of benzene rings is 1. The first kappa shape index (κ1) is 12.0. The van der Waals surface area contributed by atoms with Gasteiger partial charge in [-0.05, 0) is 24.6 Å². The summed E-state index contributed by atoms with van der Waals surface area (Å²) in [6.07, 6.45) is 0. The van der Waals surface area contributed by atoms with Gasteiger partial charge in [0.2, 0.25) is 0 Å². The summed E-state index contributed by atoms with van der Waals surface area (Å²) >= 11 is 0. The molecule has 0 bridgehead atoms. The van der Waals surface area contributed by atoms with E-state index < -0.39 is 0 Å². The molecule has 18 heavy (non-hydrogen) atoms. The van der Waals surface area contributed by atoms with Crippen LogP contribution in [0.4, 0.5) is 5.69 Å². The van der Waals surface area contributed by atoms with Crippen LogP contribution in [0.15, 0.2) is 18.2 Å². The lowest BCUT2D eigenvalue weighted by Crippen LogP contribution is -2.24. The van der Waals surface area contributed by atoms with E-state index in [2.05, 4.69) is 31.3 Å². The molecule has 7 heteroatoms. The van der Waals surface area contributed by atoms with Gasteiger partial charge in [0, 0.05) is 12.7 Å². The van der Waals surface area contributed by atoms with Crippen molar-refractivity contribution in [2.75, 3.05) is 12.4 Å². The van der Waals surface area contributed by atoms with E-state index >= 15 is 0 Å². The molecule has 7 nitrogen and oxygen atoms in total. The lowest BCUT2D eigenvalue weighted by atomic mass is 10.1. The predicted molar refractivity (Wildman–Crippen MR) is 66.1 cm³/mol. The maximum Gasteiger partial charge on any atom is 0.253 e. The second-order valence-corrected chi connectivity index (χ2v) is 3.81. The third-order valence-corrected chi connectivity index (χ3v) is 2.49. The molecular formula is C11H14N6O. The minimum absolute atomic E-state index is 0.177. The Balaban J connectivity index is 2.09. The van der Waals surface area contributed by atoms with E-state index in [1.807, 2.05) is 19.1 Å². The molecule has 1 heterocycles. The van der Waals surface area contributed by atoms with Crippen molar-refractivity contribution in [3.8, 4) is 0 Å². The maximum atomic E-state index is 12.0. The van der Waals surface area contributed by atoms with Crippen LogP contribution >= 0.6 is 0 Å². The minimum Gasteiger partial charge on any atom is -0.387 e. The molecule has 1 aromatic carbocycles. The largest absolute Gasteiger partial charge is 0.387 e. The van der Waals surface area contributed by atoms with Crippen LogP contribution in [0.5, 0.6) is 0 Å². The Hall–Kier alpha value is -2.44. The quantitative estimate of drug-likeness (QED) is 0.729. The molecule has 0 atom stereocenters. The van der Waals surface area contributed by atoms with Crippen molar-refractivity contribution in [3.63, 3.8) is 0 Å². The van der Waals surface area contributed by atoms with E-state index in [-0.39, 0.29) is 12.5 Å². The minimum atomic E-state index is -0.177. The standard InChI is InChI=1S/C11H14N6O/c1-7-3-4-8(9(5-7)12-2)11(18)13-6-10-14-16-17-15-10/h3-5,12H,6H2,1-2H3,(H,13,18)(H,14,15,16,17). The van der Waals surface area contributed by atoms with Crippen molar-refractivity contribution in [1.82, 2.24) is 25.9 Å². The van der Waals surface area contributed by atoms with E-state index in [4.69, 9.17) is 0 Å². The molecule has 0 aliphatic carbocycles. The van der Waals surface area contributed by atoms with Crippen LogP contribution in [-0.4, -0.2) is 33.6 Å². The number of carbonyl (C=O) groups excluding carboxylic acids is 1. The predicted octanol–water partition coefficient (Wildman–Crippen LogP) is 0.480. The second-order valence-electron chi connectivity index (χ2n) is 3.81. The summed E-state index contributed by atoms with van der Waals surface area (Å²) in [7, 11) is 1.78. The Labute approximate surface area is 104 Å². The SMILES string of the molecule is CNc1cc(C)ccc1C(=O)NCc1nn[nH]n1. The number of rotatable bonds is 4. The number of H-pyrrole nitrogens is 1. The summed E-state index contributed by atoms with van der Waals surface area (Å²) < 4.78 is 0. The van der Waals surface area contributed by atoms with Crippen LogP contribution in [0.1, 0.15) is 21.7 Å². The van der Waals surface area contributed by atoms with E-state index in [1.54, 1.807) is 13.1 Å². The number of tetrazole rings is 1. The summed E-state index contributed by atoms with van der Waals surface area (Å²) in [5, 5.41) is 19.0. The number of carbonyl (C=O) groups is 1. The van der Waals surface area contributed by atoms with Crippen molar-refractivity contribution < 1.29 is 4.79 Å². The van der Waals surface area contributed by atoms with Gasteiger partial charge in [0.05, 0.1) is 12.1 Å². The molecular weight excluding hydrogens is 232 g/mol. The summed E-state index contributed by atoms with van der Waals surface area (Å²) in [6.45, 7) is 2.22. The first-order chi connectivity index (χ1) is 8.70. The third-order valence-electron chi connectivity index (χ3n) is 2.49. The van der Waals surface area contributed by atoms with Crippen molar-refractivity contribution in [2.45, 2.75) is 13.5 Å². The average Bonchev–Trinajstić information content (AvgIpc) is 2.88. The molecule has 0 fully saturated rings. The van der Waals surface area contributed by atoms with E-state index in [1.165, 1.54) is 0 Å². The third kappa shape index (κ3) is 2.62. The number of nitrogens with zero attached hydrogens (tertiary/aromatic N) is 3. The van der Waals surface area contributed by atoms with Crippen molar-refractivity contribution in [2.24, 2.45) is 0 Å². The Morgan fingerprint density at radius 2 is 2.28 bits per heavy atom. The molecule has 0 saturated heterocycles. The van der Waals surface area contributed by atoms with Crippen LogP contribution in [-0.2, 0) is 6.54 Å². The van der Waals surface area contributed by atoms with Crippen LogP contribution in [0.25, 0.3) is 0 Å². The average molecular weight is 246 g/mol. The number of aromatic nitrogens is 4. The smallest absolute Gasteiger partial charge is 0.253 e. The van der Waals surface area contributed by atoms with Gasteiger partial charge in [-0.2, -0.15) is 5.21 Å². The van der Waals surface area contributed by atoms with Gasteiger partial charge >= 0.3 is 0 Å². The van der Waals surface area contributed by atoms with Gasteiger partial charge in [0.25, 0.3) is 5.91 Å². The normalized spacial score (nSPS) is 10.1. The zero-order valence-corrected chi connectivity index (χ0v) is 10.2. The number of hydrogen-bond acceptors (Lipinski definition) is 5. The number of amides is 1. The van der Waals surface area contributed by atoms with E-state index in [9.17, 15) is 4.79 Å². The highest BCUT2D eigenvalue weighted by Gasteiger charge is 2.11. The number of aryl methyl sites for hydroxylation is 1. The monoisotopic (exact) mass is 246 g/mol. The van der Waals surface area contributed by atoms with Crippen LogP contribution < -0.4 is 10.6 Å². The number of nitrogens with one attached hydrogen (secondary N) is 3. The van der Waals surface area contributed by atoms with Gasteiger partial charge in [0.1, 0.15) is 0 Å². The van der Waals surface area contributed by atoms with Gasteiger partial charge in [-0.15, -0.1) is 10.2 Å². The van der Waals surface area contributed by atoms with E-state index in [0.717, 1.165) is 11.3 Å². The fourth-order valence-corrected chi connectivity index (χ4v) is 1.57. The molecule has 0 aliphatic rings. The molecule has 3 N–H and O–H groups in total. The lowest BCUT2D eigenvalue weighted by Gasteiger charge is -2.09. The summed E-state index contributed by atoms with van der Waals surface area (Å²) in [6, 6.07) is 5.60. The zero-order valence-electron chi connectivity index (χ0n) is 10.2. The highest BCUT2D eigenvalue weighted by molar-refractivity contribution is 5.99. The molecule has 0 radical (unpaired) electrons. The van der Waals surface area contributed by atoms with Crippen LogP contribution in [0, 0.1) is 6.92 Å². The number of anilines is 1. The molecule has 1 amide bonds. The molecule has 0 unspecified atom stereocenters. The molecule has 0 saturated carbocycles. The summed E-state index contributed by atoms with van der Waals surface area (Å²) in [4.78, 5) is 12.0. The summed E-state index contributed by atoms with van der Waals surface area (Å²) in [5.41, 5.74) is 2.47. The highest BCUT2D eigenvalue weighted by Crippen LogP contribution is 2.16. The van der Waals surface area contributed by atoms with Gasteiger partial charge in [-0.3, -0.25) is 4.79 Å². The fraction of sp³-hybridized carbons (Fsp3) is 0.273. The molecule has 0 aliphatic heterocycles. The number of hydrogen-bond donors (Lipinski definition) is 3. The molecule has 0 spiro atoms. The van der Waals surface area contributed by atoms with Gasteiger partial charge < -0.3 is 10.6 Å². The number of aromatic amines is 1. The Kier molecular flexibility index (Phi) is 3.52. The Morgan fingerprint density at radius 3 is 2.94 bits per heavy atom. The van der Waals surface area contributed by atoms with Crippen molar-refractivity contribution in [1.29, 1.82) is 0 Å². The Morgan fingerprint density at radius 1 is 1.44 bits per heavy atom. The maximum absolute atomic E-state index is 12.0. The Bertz CT molecular complexity index is 536. The lowest BCUT2D eigenvalue weighted by molar-refractivity contribution is 0.0950. The van der Waals surface area contributed by atoms with Gasteiger partial charge in [-0.25, -0.2) is 0 Å². The summed E-state index contributed by atoms with van der Waals surface area (Å²) in [5.74, 6) is 0.269. The van der Waals surface area contributed by atoms with Gasteiger partial charge in [0.15, 0.2) is 5.82 Å². The molecule has 2 aromatic rings. The molecule has 94 valence electrons. The van der Waals surface area contributed by atoms with Crippen LogP contribution in [0.2, 0.25) is 0 Å². The highest BCUT2D eigenvalue weighted by atomic mass is 16.1. The van der Waals surface area contributed by atoms with E-state index in [0.29, 0.717) is 11.4 Å².